The minimum absolute atomic E-state index is 0.438. The van der Waals surface area contributed by atoms with E-state index in [1.165, 1.54) is 0 Å². The summed E-state index contributed by atoms with van der Waals surface area (Å²) in [6, 6.07) is 3.51. The number of anilines is 1. The van der Waals surface area contributed by atoms with Gasteiger partial charge in [0.1, 0.15) is 0 Å². The van der Waals surface area contributed by atoms with E-state index < -0.39 is 0 Å². The lowest BCUT2D eigenvalue weighted by molar-refractivity contribution is 0.165. The first kappa shape index (κ1) is 12.0. The standard InChI is InChI=1S/C12H18N2O3/c1-2-16-12-10(13)3-4-11(14-12)17-8-9-5-6-15-7-9/h3-4,9H,2,5-8,13H2,1H3. The molecule has 2 heterocycles. The van der Waals surface area contributed by atoms with E-state index in [0.29, 0.717) is 36.6 Å². The fourth-order valence-electron chi connectivity index (χ4n) is 1.68. The molecule has 0 amide bonds. The van der Waals surface area contributed by atoms with Crippen LogP contribution in [0, 0.1) is 5.92 Å². The Morgan fingerprint density at radius 3 is 3.06 bits per heavy atom. The van der Waals surface area contributed by atoms with E-state index in [0.717, 1.165) is 19.6 Å². The van der Waals surface area contributed by atoms with Crippen molar-refractivity contribution in [2.75, 3.05) is 32.2 Å². The molecule has 1 fully saturated rings. The molecule has 1 aromatic heterocycles. The second-order valence-corrected chi connectivity index (χ2v) is 4.02. The van der Waals surface area contributed by atoms with Gasteiger partial charge in [-0.15, -0.1) is 0 Å². The third-order valence-corrected chi connectivity index (χ3v) is 2.64. The Bertz CT molecular complexity index is 365. The zero-order valence-corrected chi connectivity index (χ0v) is 10.0. The average Bonchev–Trinajstić information content (AvgIpc) is 2.83. The van der Waals surface area contributed by atoms with Crippen molar-refractivity contribution in [2.45, 2.75) is 13.3 Å². The highest BCUT2D eigenvalue weighted by Gasteiger charge is 2.16. The van der Waals surface area contributed by atoms with Gasteiger partial charge in [-0.05, 0) is 19.4 Å². The Morgan fingerprint density at radius 2 is 2.35 bits per heavy atom. The second kappa shape index (κ2) is 5.72. The highest BCUT2D eigenvalue weighted by atomic mass is 16.5. The molecule has 0 radical (unpaired) electrons. The Kier molecular flexibility index (Phi) is 4.03. The van der Waals surface area contributed by atoms with Gasteiger partial charge in [0.05, 0.1) is 25.5 Å². The molecular formula is C12H18N2O3. The molecule has 1 aliphatic heterocycles. The molecule has 1 aliphatic rings. The molecule has 2 N–H and O–H groups in total. The van der Waals surface area contributed by atoms with Crippen molar-refractivity contribution >= 4 is 5.69 Å². The van der Waals surface area contributed by atoms with E-state index in [1.54, 1.807) is 12.1 Å². The average molecular weight is 238 g/mol. The largest absolute Gasteiger partial charge is 0.477 e. The monoisotopic (exact) mass is 238 g/mol. The van der Waals surface area contributed by atoms with Crippen molar-refractivity contribution in [3.8, 4) is 11.8 Å². The van der Waals surface area contributed by atoms with E-state index in [1.807, 2.05) is 6.92 Å². The molecule has 5 nitrogen and oxygen atoms in total. The molecule has 0 spiro atoms. The maximum atomic E-state index is 5.73. The first-order valence-electron chi connectivity index (χ1n) is 5.89. The zero-order valence-electron chi connectivity index (χ0n) is 10.0. The molecule has 5 heteroatoms. The fraction of sp³-hybridized carbons (Fsp3) is 0.583. The summed E-state index contributed by atoms with van der Waals surface area (Å²) in [7, 11) is 0. The van der Waals surface area contributed by atoms with Crippen molar-refractivity contribution in [1.29, 1.82) is 0 Å². The van der Waals surface area contributed by atoms with Crippen LogP contribution in [0.5, 0.6) is 11.8 Å². The topological polar surface area (TPSA) is 66.6 Å². The van der Waals surface area contributed by atoms with Crippen molar-refractivity contribution < 1.29 is 14.2 Å². The van der Waals surface area contributed by atoms with Crippen LogP contribution in [0.3, 0.4) is 0 Å². The fourth-order valence-corrected chi connectivity index (χ4v) is 1.68. The molecule has 1 atom stereocenters. The smallest absolute Gasteiger partial charge is 0.240 e. The Balaban J connectivity index is 1.93. The van der Waals surface area contributed by atoms with Crippen LogP contribution in [0.1, 0.15) is 13.3 Å². The third-order valence-electron chi connectivity index (χ3n) is 2.64. The molecule has 17 heavy (non-hydrogen) atoms. The molecule has 1 unspecified atom stereocenters. The van der Waals surface area contributed by atoms with Crippen LogP contribution in [0.25, 0.3) is 0 Å². The lowest BCUT2D eigenvalue weighted by atomic mass is 10.1. The first-order chi connectivity index (χ1) is 8.29. The van der Waals surface area contributed by atoms with Gasteiger partial charge in [0.15, 0.2) is 0 Å². The van der Waals surface area contributed by atoms with Crippen LogP contribution >= 0.6 is 0 Å². The van der Waals surface area contributed by atoms with Gasteiger partial charge in [-0.1, -0.05) is 0 Å². The Hall–Kier alpha value is -1.49. The van der Waals surface area contributed by atoms with Crippen LogP contribution in [-0.4, -0.2) is 31.4 Å². The maximum absolute atomic E-state index is 5.73. The summed E-state index contributed by atoms with van der Waals surface area (Å²) < 4.78 is 16.2. The van der Waals surface area contributed by atoms with Crippen molar-refractivity contribution in [3.63, 3.8) is 0 Å². The summed E-state index contributed by atoms with van der Waals surface area (Å²) in [4.78, 5) is 4.21. The number of aromatic nitrogens is 1. The minimum atomic E-state index is 0.438. The van der Waals surface area contributed by atoms with Gasteiger partial charge < -0.3 is 19.9 Å². The summed E-state index contributed by atoms with van der Waals surface area (Å²) >= 11 is 0. The predicted octanol–water partition coefficient (Wildman–Crippen LogP) is 1.48. The summed E-state index contributed by atoms with van der Waals surface area (Å²) in [5.41, 5.74) is 6.26. The number of hydrogen-bond acceptors (Lipinski definition) is 5. The van der Waals surface area contributed by atoms with Crippen molar-refractivity contribution in [2.24, 2.45) is 5.92 Å². The van der Waals surface area contributed by atoms with Crippen molar-refractivity contribution in [3.05, 3.63) is 12.1 Å². The van der Waals surface area contributed by atoms with E-state index in [9.17, 15) is 0 Å². The van der Waals surface area contributed by atoms with Crippen LogP contribution in [0.15, 0.2) is 12.1 Å². The SMILES string of the molecule is CCOc1nc(OCC2CCOC2)ccc1N. The Morgan fingerprint density at radius 1 is 1.47 bits per heavy atom. The second-order valence-electron chi connectivity index (χ2n) is 4.02. The van der Waals surface area contributed by atoms with E-state index >= 15 is 0 Å². The number of hydrogen-bond donors (Lipinski definition) is 1. The third kappa shape index (κ3) is 3.23. The van der Waals surface area contributed by atoms with Gasteiger partial charge >= 0.3 is 0 Å². The summed E-state index contributed by atoms with van der Waals surface area (Å²) in [5, 5.41) is 0. The molecule has 1 aromatic rings. The normalized spacial score (nSPS) is 19.2. The predicted molar refractivity (Wildman–Crippen MR) is 64.2 cm³/mol. The lowest BCUT2D eigenvalue weighted by Gasteiger charge is -2.11. The molecule has 94 valence electrons. The quantitative estimate of drug-likeness (QED) is 0.841. The molecular weight excluding hydrogens is 220 g/mol. The van der Waals surface area contributed by atoms with Gasteiger partial charge in [-0.2, -0.15) is 4.98 Å². The number of nitrogens with zero attached hydrogens (tertiary/aromatic N) is 1. The maximum Gasteiger partial charge on any atom is 0.240 e. The number of ether oxygens (including phenoxy) is 3. The summed E-state index contributed by atoms with van der Waals surface area (Å²) in [6.45, 7) is 4.66. The molecule has 2 rings (SSSR count). The Labute approximate surface area is 101 Å². The van der Waals surface area contributed by atoms with E-state index in [2.05, 4.69) is 4.98 Å². The minimum Gasteiger partial charge on any atom is -0.477 e. The zero-order chi connectivity index (χ0) is 12.1. The summed E-state index contributed by atoms with van der Waals surface area (Å²) in [6.07, 6.45) is 1.05. The lowest BCUT2D eigenvalue weighted by Crippen LogP contribution is -2.12. The van der Waals surface area contributed by atoms with Gasteiger partial charge in [-0.3, -0.25) is 0 Å². The molecule has 0 aromatic carbocycles. The van der Waals surface area contributed by atoms with Crippen LogP contribution in [0.4, 0.5) is 5.69 Å². The van der Waals surface area contributed by atoms with E-state index in [-0.39, 0.29) is 0 Å². The van der Waals surface area contributed by atoms with Crippen LogP contribution in [0.2, 0.25) is 0 Å². The number of nitrogens with two attached hydrogens (primary N) is 1. The number of nitrogen functional groups attached to an aromatic ring is 1. The van der Waals surface area contributed by atoms with E-state index in [4.69, 9.17) is 19.9 Å². The van der Waals surface area contributed by atoms with Gasteiger partial charge in [-0.25, -0.2) is 0 Å². The van der Waals surface area contributed by atoms with Crippen molar-refractivity contribution in [1.82, 2.24) is 4.98 Å². The van der Waals surface area contributed by atoms with Crippen LogP contribution in [-0.2, 0) is 4.74 Å². The van der Waals surface area contributed by atoms with Crippen LogP contribution < -0.4 is 15.2 Å². The van der Waals surface area contributed by atoms with Gasteiger partial charge in [0, 0.05) is 18.6 Å². The molecule has 0 saturated carbocycles. The van der Waals surface area contributed by atoms with Gasteiger partial charge in [0.2, 0.25) is 11.8 Å². The molecule has 0 aliphatic carbocycles. The van der Waals surface area contributed by atoms with Gasteiger partial charge in [0.25, 0.3) is 0 Å². The molecule has 1 saturated heterocycles. The first-order valence-corrected chi connectivity index (χ1v) is 5.89. The number of pyridine rings is 1. The highest BCUT2D eigenvalue weighted by molar-refractivity contribution is 5.49. The number of rotatable bonds is 5. The highest BCUT2D eigenvalue weighted by Crippen LogP contribution is 2.23. The molecule has 0 bridgehead atoms. The summed E-state index contributed by atoms with van der Waals surface area (Å²) in [5.74, 6) is 1.45.